The molecule has 0 atom stereocenters. The van der Waals surface area contributed by atoms with E-state index in [2.05, 4.69) is 10.9 Å². The number of benzene rings is 2. The van der Waals surface area contributed by atoms with E-state index in [1.807, 2.05) is 30.3 Å². The molecule has 2 aromatic carbocycles. The Bertz CT molecular complexity index is 529. The number of ether oxygens (including phenoxy) is 1. The average Bonchev–Trinajstić information content (AvgIpc) is 2.45. The summed E-state index contributed by atoms with van der Waals surface area (Å²) < 4.78 is 5.03. The van der Waals surface area contributed by atoms with Crippen LogP contribution in [0.25, 0.3) is 0 Å². The summed E-state index contributed by atoms with van der Waals surface area (Å²) >= 11 is 5.76. The van der Waals surface area contributed by atoms with Crippen LogP contribution in [0.4, 0.5) is 10.5 Å². The quantitative estimate of drug-likeness (QED) is 0.839. The molecule has 19 heavy (non-hydrogen) atoms. The van der Waals surface area contributed by atoms with Gasteiger partial charge in [-0.15, -0.1) is 0 Å². The van der Waals surface area contributed by atoms with Gasteiger partial charge in [0.25, 0.3) is 0 Å². The molecule has 0 bridgehead atoms. The molecule has 5 heteroatoms. The van der Waals surface area contributed by atoms with Crippen molar-refractivity contribution in [2.24, 2.45) is 0 Å². The van der Waals surface area contributed by atoms with E-state index in [1.165, 1.54) is 0 Å². The summed E-state index contributed by atoms with van der Waals surface area (Å²) in [4.78, 5) is 11.4. The minimum absolute atomic E-state index is 0.194. The minimum Gasteiger partial charge on any atom is -0.443 e. The first-order valence-electron chi connectivity index (χ1n) is 5.72. The smallest absolute Gasteiger partial charge is 0.426 e. The van der Waals surface area contributed by atoms with Crippen molar-refractivity contribution < 1.29 is 9.53 Å². The Labute approximate surface area is 116 Å². The molecule has 4 nitrogen and oxygen atoms in total. The summed E-state index contributed by atoms with van der Waals surface area (Å²) in [6.45, 7) is 0.194. The number of carbonyl (C=O) groups is 1. The lowest BCUT2D eigenvalue weighted by Gasteiger charge is -2.09. The third kappa shape index (κ3) is 4.52. The molecular weight excluding hydrogens is 264 g/mol. The fraction of sp³-hybridized carbons (Fsp3) is 0.0714. The Hall–Kier alpha value is -2.20. The third-order valence-electron chi connectivity index (χ3n) is 2.37. The zero-order valence-electron chi connectivity index (χ0n) is 10.1. The lowest BCUT2D eigenvalue weighted by Crippen LogP contribution is -2.29. The molecule has 0 saturated carbocycles. The van der Waals surface area contributed by atoms with Gasteiger partial charge in [-0.3, -0.25) is 5.43 Å². The summed E-state index contributed by atoms with van der Waals surface area (Å²) in [6, 6.07) is 16.4. The lowest BCUT2D eigenvalue weighted by atomic mass is 10.2. The van der Waals surface area contributed by atoms with Gasteiger partial charge in [-0.1, -0.05) is 41.9 Å². The van der Waals surface area contributed by atoms with E-state index in [9.17, 15) is 4.79 Å². The Morgan fingerprint density at radius 3 is 2.42 bits per heavy atom. The van der Waals surface area contributed by atoms with Gasteiger partial charge in [-0.25, -0.2) is 10.2 Å². The Morgan fingerprint density at radius 2 is 1.74 bits per heavy atom. The van der Waals surface area contributed by atoms with E-state index in [1.54, 1.807) is 24.3 Å². The summed E-state index contributed by atoms with van der Waals surface area (Å²) in [5.41, 5.74) is 6.85. The second-order valence-corrected chi connectivity index (χ2v) is 4.26. The SMILES string of the molecule is O=C(NNc1ccccc1)OCc1ccc(Cl)cc1. The standard InChI is InChI=1S/C14H13ClN2O2/c15-12-8-6-11(7-9-12)10-19-14(18)17-16-13-4-2-1-3-5-13/h1-9,16H,10H2,(H,17,18). The predicted octanol–water partition coefficient (Wildman–Crippen LogP) is 3.59. The normalized spacial score (nSPS) is 9.74. The number of rotatable bonds is 4. The maximum Gasteiger partial charge on any atom is 0.426 e. The highest BCUT2D eigenvalue weighted by Gasteiger charge is 2.02. The number of hydrogen-bond acceptors (Lipinski definition) is 3. The molecule has 0 aliphatic carbocycles. The van der Waals surface area contributed by atoms with Crippen LogP contribution in [-0.2, 0) is 11.3 Å². The first kappa shape index (κ1) is 13.2. The largest absolute Gasteiger partial charge is 0.443 e. The highest BCUT2D eigenvalue weighted by molar-refractivity contribution is 6.30. The highest BCUT2D eigenvalue weighted by atomic mass is 35.5. The van der Waals surface area contributed by atoms with E-state index in [0.717, 1.165) is 11.3 Å². The molecule has 2 aromatic rings. The number of carbonyl (C=O) groups excluding carboxylic acids is 1. The Balaban J connectivity index is 1.74. The molecule has 0 aliphatic heterocycles. The van der Waals surface area contributed by atoms with Crippen LogP contribution in [0.5, 0.6) is 0 Å². The molecule has 0 heterocycles. The topological polar surface area (TPSA) is 50.4 Å². The first-order valence-corrected chi connectivity index (χ1v) is 6.10. The number of para-hydroxylation sites is 1. The third-order valence-corrected chi connectivity index (χ3v) is 2.62. The van der Waals surface area contributed by atoms with Gasteiger partial charge < -0.3 is 4.74 Å². The van der Waals surface area contributed by atoms with Gasteiger partial charge in [-0.2, -0.15) is 0 Å². The monoisotopic (exact) mass is 276 g/mol. The van der Waals surface area contributed by atoms with E-state index >= 15 is 0 Å². The van der Waals surface area contributed by atoms with Crippen LogP contribution < -0.4 is 10.9 Å². The van der Waals surface area contributed by atoms with Gasteiger partial charge in [0.05, 0.1) is 5.69 Å². The molecule has 0 fully saturated rings. The molecule has 2 rings (SSSR count). The van der Waals surface area contributed by atoms with Crippen molar-refractivity contribution in [1.29, 1.82) is 0 Å². The van der Waals surface area contributed by atoms with Crippen LogP contribution in [0.2, 0.25) is 5.02 Å². The average molecular weight is 277 g/mol. The molecule has 0 saturated heterocycles. The summed E-state index contributed by atoms with van der Waals surface area (Å²) in [5.74, 6) is 0. The number of hydrazine groups is 1. The number of amides is 1. The van der Waals surface area contributed by atoms with Crippen molar-refractivity contribution >= 4 is 23.4 Å². The van der Waals surface area contributed by atoms with Crippen molar-refractivity contribution in [2.45, 2.75) is 6.61 Å². The van der Waals surface area contributed by atoms with Gasteiger partial charge in [0, 0.05) is 5.02 Å². The highest BCUT2D eigenvalue weighted by Crippen LogP contribution is 2.10. The van der Waals surface area contributed by atoms with Crippen LogP contribution in [0.3, 0.4) is 0 Å². The van der Waals surface area contributed by atoms with E-state index in [0.29, 0.717) is 5.02 Å². The zero-order valence-corrected chi connectivity index (χ0v) is 10.9. The molecule has 2 N–H and O–H groups in total. The van der Waals surface area contributed by atoms with Crippen molar-refractivity contribution in [3.8, 4) is 0 Å². The molecule has 0 spiro atoms. The number of anilines is 1. The van der Waals surface area contributed by atoms with E-state index in [4.69, 9.17) is 16.3 Å². The predicted molar refractivity (Wildman–Crippen MR) is 74.8 cm³/mol. The van der Waals surface area contributed by atoms with Crippen LogP contribution in [0.1, 0.15) is 5.56 Å². The second kappa shape index (κ2) is 6.66. The lowest BCUT2D eigenvalue weighted by molar-refractivity contribution is 0.142. The zero-order chi connectivity index (χ0) is 13.5. The first-order chi connectivity index (χ1) is 9.24. The van der Waals surface area contributed by atoms with Crippen LogP contribution >= 0.6 is 11.6 Å². The molecule has 1 amide bonds. The van der Waals surface area contributed by atoms with Gasteiger partial charge in [0.1, 0.15) is 6.61 Å². The van der Waals surface area contributed by atoms with Gasteiger partial charge in [-0.05, 0) is 29.8 Å². The summed E-state index contributed by atoms with van der Waals surface area (Å²) in [5, 5.41) is 0.652. The van der Waals surface area contributed by atoms with Crippen LogP contribution in [0.15, 0.2) is 54.6 Å². The van der Waals surface area contributed by atoms with E-state index < -0.39 is 6.09 Å². The van der Waals surface area contributed by atoms with Crippen molar-refractivity contribution in [2.75, 3.05) is 5.43 Å². The molecule has 0 unspecified atom stereocenters. The van der Waals surface area contributed by atoms with Crippen LogP contribution in [-0.4, -0.2) is 6.09 Å². The maximum atomic E-state index is 11.4. The van der Waals surface area contributed by atoms with Crippen molar-refractivity contribution in [3.63, 3.8) is 0 Å². The second-order valence-electron chi connectivity index (χ2n) is 3.82. The Kier molecular flexibility index (Phi) is 4.64. The maximum absolute atomic E-state index is 11.4. The van der Waals surface area contributed by atoms with Gasteiger partial charge >= 0.3 is 6.09 Å². The molecule has 98 valence electrons. The number of halogens is 1. The Morgan fingerprint density at radius 1 is 1.05 bits per heavy atom. The van der Waals surface area contributed by atoms with Crippen molar-refractivity contribution in [3.05, 3.63) is 65.2 Å². The summed E-state index contributed by atoms with van der Waals surface area (Å²) in [6.07, 6.45) is -0.543. The molecule has 0 radical (unpaired) electrons. The van der Waals surface area contributed by atoms with Crippen LogP contribution in [0, 0.1) is 0 Å². The van der Waals surface area contributed by atoms with Gasteiger partial charge in [0.2, 0.25) is 0 Å². The molecule has 0 aromatic heterocycles. The molecule has 0 aliphatic rings. The number of hydrogen-bond donors (Lipinski definition) is 2. The summed E-state index contributed by atoms with van der Waals surface area (Å²) in [7, 11) is 0. The van der Waals surface area contributed by atoms with E-state index in [-0.39, 0.29) is 6.61 Å². The minimum atomic E-state index is -0.543. The number of nitrogens with one attached hydrogen (secondary N) is 2. The fourth-order valence-corrected chi connectivity index (χ4v) is 1.54. The molecular formula is C14H13ClN2O2. The fourth-order valence-electron chi connectivity index (χ4n) is 1.41. The van der Waals surface area contributed by atoms with Crippen molar-refractivity contribution in [1.82, 2.24) is 5.43 Å². The van der Waals surface area contributed by atoms with Gasteiger partial charge in [0.15, 0.2) is 0 Å².